The van der Waals surface area contributed by atoms with Crippen LogP contribution in [0.15, 0.2) is 18.2 Å². The first-order valence-electron chi connectivity index (χ1n) is 5.56. The minimum atomic E-state index is -0.0325. The second-order valence-electron chi connectivity index (χ2n) is 3.92. The second kappa shape index (κ2) is 5.90. The van der Waals surface area contributed by atoms with E-state index in [1.165, 1.54) is 0 Å². The van der Waals surface area contributed by atoms with Gasteiger partial charge in [0.2, 0.25) is 5.91 Å². The van der Waals surface area contributed by atoms with Crippen LogP contribution in [0.2, 0.25) is 0 Å². The van der Waals surface area contributed by atoms with E-state index in [9.17, 15) is 4.79 Å². The van der Waals surface area contributed by atoms with Crippen LogP contribution in [0.5, 0.6) is 5.75 Å². The Balaban J connectivity index is 2.89. The molecule has 0 aliphatic rings. The van der Waals surface area contributed by atoms with Crippen LogP contribution >= 0.6 is 0 Å². The van der Waals surface area contributed by atoms with Crippen LogP contribution in [0.1, 0.15) is 25.8 Å². The molecule has 0 fully saturated rings. The third-order valence-electron chi connectivity index (χ3n) is 2.76. The molecular formula is C13H16N2O2. The molecule has 90 valence electrons. The van der Waals surface area contributed by atoms with E-state index >= 15 is 0 Å². The van der Waals surface area contributed by atoms with Crippen LogP contribution in [0.4, 0.5) is 5.69 Å². The number of benzene rings is 1. The van der Waals surface area contributed by atoms with Gasteiger partial charge in [-0.15, -0.1) is 5.26 Å². The predicted molar refractivity (Wildman–Crippen MR) is 65.5 cm³/mol. The normalized spacial score (nSPS) is 11.4. The number of ether oxygens (including phenoxy) is 1. The summed E-state index contributed by atoms with van der Waals surface area (Å²) in [5.41, 5.74) is 1.44. The Morgan fingerprint density at radius 3 is 2.88 bits per heavy atom. The Morgan fingerprint density at radius 2 is 2.29 bits per heavy atom. The predicted octanol–water partition coefficient (Wildman–Crippen LogP) is 2.84. The Hall–Kier alpha value is -2.02. The van der Waals surface area contributed by atoms with E-state index in [1.54, 1.807) is 31.4 Å². The van der Waals surface area contributed by atoms with Crippen LogP contribution < -0.4 is 10.1 Å². The maximum absolute atomic E-state index is 11.7. The van der Waals surface area contributed by atoms with E-state index in [2.05, 4.69) is 5.32 Å². The van der Waals surface area contributed by atoms with Gasteiger partial charge >= 0.3 is 0 Å². The van der Waals surface area contributed by atoms with Crippen molar-refractivity contribution in [1.82, 2.24) is 0 Å². The van der Waals surface area contributed by atoms with Gasteiger partial charge in [-0.25, -0.2) is 0 Å². The number of rotatable bonds is 4. The van der Waals surface area contributed by atoms with E-state index in [0.29, 0.717) is 11.4 Å². The SMILES string of the molecule is CCC(C)C(=O)Nc1cccc(OC#N)c1C. The lowest BCUT2D eigenvalue weighted by Crippen LogP contribution is -2.20. The molecule has 0 heterocycles. The van der Waals surface area contributed by atoms with E-state index in [-0.39, 0.29) is 11.8 Å². The molecule has 1 atom stereocenters. The average Bonchev–Trinajstić information content (AvgIpc) is 2.33. The van der Waals surface area contributed by atoms with Crippen LogP contribution in [0, 0.1) is 24.4 Å². The molecule has 1 unspecified atom stereocenters. The van der Waals surface area contributed by atoms with Crippen LogP contribution in [0.3, 0.4) is 0 Å². The maximum Gasteiger partial charge on any atom is 0.292 e. The molecule has 17 heavy (non-hydrogen) atoms. The van der Waals surface area contributed by atoms with Gasteiger partial charge < -0.3 is 10.1 Å². The van der Waals surface area contributed by atoms with Crippen molar-refractivity contribution < 1.29 is 9.53 Å². The molecule has 4 nitrogen and oxygen atoms in total. The highest BCUT2D eigenvalue weighted by molar-refractivity contribution is 5.93. The number of anilines is 1. The zero-order valence-electron chi connectivity index (χ0n) is 10.3. The molecule has 1 amide bonds. The van der Waals surface area contributed by atoms with E-state index in [1.807, 2.05) is 13.8 Å². The first-order valence-corrected chi connectivity index (χ1v) is 5.56. The third kappa shape index (κ3) is 3.22. The fraction of sp³-hybridized carbons (Fsp3) is 0.385. The first-order chi connectivity index (χ1) is 8.10. The summed E-state index contributed by atoms with van der Waals surface area (Å²) in [4.78, 5) is 11.7. The van der Waals surface area contributed by atoms with Gasteiger partial charge in [0, 0.05) is 17.2 Å². The number of nitrogens with one attached hydrogen (secondary N) is 1. The third-order valence-corrected chi connectivity index (χ3v) is 2.76. The molecule has 0 aliphatic carbocycles. The number of nitrogens with zero attached hydrogens (tertiary/aromatic N) is 1. The van der Waals surface area contributed by atoms with Crippen molar-refractivity contribution in [2.75, 3.05) is 5.32 Å². The van der Waals surface area contributed by atoms with E-state index < -0.39 is 0 Å². The summed E-state index contributed by atoms with van der Waals surface area (Å²) in [6, 6.07) is 5.23. The van der Waals surface area contributed by atoms with Crippen molar-refractivity contribution >= 4 is 11.6 Å². The molecule has 0 aliphatic heterocycles. The molecule has 0 saturated carbocycles. The minimum absolute atomic E-state index is 0.0234. The molecule has 1 N–H and O–H groups in total. The summed E-state index contributed by atoms with van der Waals surface area (Å²) in [5.74, 6) is 0.411. The number of carbonyl (C=O) groups excluding carboxylic acids is 1. The van der Waals surface area contributed by atoms with Gasteiger partial charge in [0.15, 0.2) is 0 Å². The maximum atomic E-state index is 11.7. The van der Waals surface area contributed by atoms with Gasteiger partial charge in [-0.1, -0.05) is 19.9 Å². The van der Waals surface area contributed by atoms with Gasteiger partial charge in [-0.3, -0.25) is 4.79 Å². The van der Waals surface area contributed by atoms with Crippen molar-refractivity contribution in [1.29, 1.82) is 5.26 Å². The molecule has 1 aromatic rings. The second-order valence-corrected chi connectivity index (χ2v) is 3.92. The highest BCUT2D eigenvalue weighted by Crippen LogP contribution is 2.25. The molecule has 0 spiro atoms. The minimum Gasteiger partial charge on any atom is -0.388 e. The number of carbonyl (C=O) groups is 1. The Bertz CT molecular complexity index is 449. The van der Waals surface area contributed by atoms with Crippen molar-refractivity contribution in [3.63, 3.8) is 0 Å². The standard InChI is InChI=1S/C13H16N2O2/c1-4-9(2)13(16)15-11-6-5-7-12(10(11)3)17-8-14/h5-7,9H,4H2,1-3H3,(H,15,16). The van der Waals surface area contributed by atoms with Crippen LogP contribution in [0.25, 0.3) is 0 Å². The van der Waals surface area contributed by atoms with Crippen molar-refractivity contribution in [2.24, 2.45) is 5.92 Å². The lowest BCUT2D eigenvalue weighted by molar-refractivity contribution is -0.119. The lowest BCUT2D eigenvalue weighted by Gasteiger charge is -2.13. The highest BCUT2D eigenvalue weighted by Gasteiger charge is 2.13. The number of hydrogen-bond acceptors (Lipinski definition) is 3. The molecule has 4 heteroatoms. The summed E-state index contributed by atoms with van der Waals surface area (Å²) in [6.07, 6.45) is 2.42. The van der Waals surface area contributed by atoms with Crippen molar-refractivity contribution in [2.45, 2.75) is 27.2 Å². The summed E-state index contributed by atoms with van der Waals surface area (Å²) < 4.78 is 4.80. The van der Waals surface area contributed by atoms with Crippen molar-refractivity contribution in [3.8, 4) is 12.0 Å². The monoisotopic (exact) mass is 232 g/mol. The highest BCUT2D eigenvalue weighted by atomic mass is 16.5. The summed E-state index contributed by atoms with van der Waals surface area (Å²) >= 11 is 0. The van der Waals surface area contributed by atoms with Gasteiger partial charge in [-0.05, 0) is 25.5 Å². The van der Waals surface area contributed by atoms with Gasteiger partial charge in [-0.2, -0.15) is 0 Å². The molecule has 0 saturated heterocycles. The van der Waals surface area contributed by atoms with Crippen LogP contribution in [-0.2, 0) is 4.79 Å². The topological polar surface area (TPSA) is 62.1 Å². The van der Waals surface area contributed by atoms with E-state index in [0.717, 1.165) is 12.0 Å². The molecular weight excluding hydrogens is 216 g/mol. The fourth-order valence-electron chi connectivity index (χ4n) is 1.35. The molecule has 0 radical (unpaired) electrons. The molecule has 0 aromatic heterocycles. The average molecular weight is 232 g/mol. The van der Waals surface area contributed by atoms with E-state index in [4.69, 9.17) is 10.00 Å². The van der Waals surface area contributed by atoms with Gasteiger partial charge in [0.25, 0.3) is 6.26 Å². The lowest BCUT2D eigenvalue weighted by atomic mass is 10.1. The number of amides is 1. The molecule has 1 rings (SSSR count). The molecule has 0 bridgehead atoms. The number of nitriles is 1. The Labute approximate surface area is 101 Å². The number of hydrogen-bond donors (Lipinski definition) is 1. The Kier molecular flexibility index (Phi) is 4.53. The Morgan fingerprint density at radius 1 is 1.59 bits per heavy atom. The summed E-state index contributed by atoms with van der Waals surface area (Å²) in [6.45, 7) is 5.64. The zero-order valence-corrected chi connectivity index (χ0v) is 10.3. The van der Waals surface area contributed by atoms with Crippen molar-refractivity contribution in [3.05, 3.63) is 23.8 Å². The van der Waals surface area contributed by atoms with Gasteiger partial charge in [0.05, 0.1) is 0 Å². The quantitative estimate of drug-likeness (QED) is 0.812. The fourth-order valence-corrected chi connectivity index (χ4v) is 1.35. The van der Waals surface area contributed by atoms with Crippen LogP contribution in [-0.4, -0.2) is 5.91 Å². The first kappa shape index (κ1) is 13.0. The summed E-state index contributed by atoms with van der Waals surface area (Å²) in [7, 11) is 0. The zero-order chi connectivity index (χ0) is 12.8. The molecule has 1 aromatic carbocycles. The largest absolute Gasteiger partial charge is 0.388 e. The van der Waals surface area contributed by atoms with Gasteiger partial charge in [0.1, 0.15) is 5.75 Å². The smallest absolute Gasteiger partial charge is 0.292 e. The summed E-state index contributed by atoms with van der Waals surface area (Å²) in [5, 5.41) is 11.3.